The summed E-state index contributed by atoms with van der Waals surface area (Å²) in [5, 5.41) is 9.64. The quantitative estimate of drug-likeness (QED) is 0.827. The van der Waals surface area contributed by atoms with Gasteiger partial charge in [-0.25, -0.2) is 0 Å². The van der Waals surface area contributed by atoms with Gasteiger partial charge in [-0.05, 0) is 26.0 Å². The molecule has 0 spiro atoms. The van der Waals surface area contributed by atoms with Crippen LogP contribution in [0.1, 0.15) is 25.5 Å². The summed E-state index contributed by atoms with van der Waals surface area (Å²) in [7, 11) is 3.23. The van der Waals surface area contributed by atoms with Gasteiger partial charge in [0, 0.05) is 18.7 Å². The maximum atomic E-state index is 9.64. The van der Waals surface area contributed by atoms with E-state index in [1.54, 1.807) is 39.3 Å². The van der Waals surface area contributed by atoms with Crippen molar-refractivity contribution >= 4 is 0 Å². The number of ether oxygens (including phenoxy) is 3. The maximum Gasteiger partial charge on any atom is 0.128 e. The molecule has 1 N–H and O–H groups in total. The first-order valence-electron chi connectivity index (χ1n) is 5.60. The molecule has 17 heavy (non-hydrogen) atoms. The topological polar surface area (TPSA) is 47.9 Å². The molecule has 0 heterocycles. The van der Waals surface area contributed by atoms with E-state index < -0.39 is 6.10 Å². The monoisotopic (exact) mass is 240 g/mol. The highest BCUT2D eigenvalue weighted by atomic mass is 16.5. The highest BCUT2D eigenvalue weighted by molar-refractivity contribution is 5.41. The zero-order valence-electron chi connectivity index (χ0n) is 10.8. The lowest BCUT2D eigenvalue weighted by Crippen LogP contribution is -2.16. The minimum atomic E-state index is -0.575. The summed E-state index contributed by atoms with van der Waals surface area (Å²) in [4.78, 5) is 0. The number of aliphatic hydroxyl groups excluding tert-OH is 1. The van der Waals surface area contributed by atoms with Crippen LogP contribution in [-0.2, 0) is 4.74 Å². The summed E-state index contributed by atoms with van der Waals surface area (Å²) in [6.07, 6.45) is -0.572. The van der Waals surface area contributed by atoms with Crippen molar-refractivity contribution in [1.29, 1.82) is 0 Å². The molecule has 96 valence electrons. The molecule has 0 bridgehead atoms. The minimum Gasteiger partial charge on any atom is -0.497 e. The largest absolute Gasteiger partial charge is 0.497 e. The molecule has 0 aromatic heterocycles. The normalized spacial score (nSPS) is 14.2. The molecular formula is C13H20O4. The molecule has 0 radical (unpaired) electrons. The average molecular weight is 240 g/mol. The molecule has 1 aromatic rings. The standard InChI is InChI=1S/C13H20O4/c1-9(15-3)8-17-13-7-11(16-4)5-6-12(13)10(2)14/h5-7,9-10,14H,8H2,1-4H3. The highest BCUT2D eigenvalue weighted by Gasteiger charge is 2.11. The Hall–Kier alpha value is -1.26. The Bertz CT molecular complexity index is 349. The van der Waals surface area contributed by atoms with Crippen LogP contribution in [0.15, 0.2) is 18.2 Å². The van der Waals surface area contributed by atoms with E-state index in [2.05, 4.69) is 0 Å². The van der Waals surface area contributed by atoms with Gasteiger partial charge in [-0.2, -0.15) is 0 Å². The first-order valence-corrected chi connectivity index (χ1v) is 5.60. The van der Waals surface area contributed by atoms with Crippen molar-refractivity contribution < 1.29 is 19.3 Å². The second kappa shape index (κ2) is 6.47. The number of rotatable bonds is 6. The maximum absolute atomic E-state index is 9.64. The van der Waals surface area contributed by atoms with Gasteiger partial charge in [0.2, 0.25) is 0 Å². The third-order valence-corrected chi connectivity index (χ3v) is 2.55. The lowest BCUT2D eigenvalue weighted by Gasteiger charge is -2.16. The van der Waals surface area contributed by atoms with Crippen LogP contribution in [0.2, 0.25) is 0 Å². The van der Waals surface area contributed by atoms with Crippen LogP contribution in [0.25, 0.3) is 0 Å². The van der Waals surface area contributed by atoms with Gasteiger partial charge in [0.1, 0.15) is 18.1 Å². The molecule has 2 atom stereocenters. The molecule has 2 unspecified atom stereocenters. The predicted molar refractivity (Wildman–Crippen MR) is 65.6 cm³/mol. The van der Waals surface area contributed by atoms with Crippen LogP contribution in [0.3, 0.4) is 0 Å². The van der Waals surface area contributed by atoms with Crippen LogP contribution in [0, 0.1) is 0 Å². The summed E-state index contributed by atoms with van der Waals surface area (Å²) in [5.41, 5.74) is 0.745. The predicted octanol–water partition coefficient (Wildman–Crippen LogP) is 2.16. The Labute approximate surface area is 102 Å². The lowest BCUT2D eigenvalue weighted by molar-refractivity contribution is 0.0699. The lowest BCUT2D eigenvalue weighted by atomic mass is 10.1. The van der Waals surface area contributed by atoms with Crippen molar-refractivity contribution in [2.24, 2.45) is 0 Å². The van der Waals surface area contributed by atoms with Gasteiger partial charge < -0.3 is 19.3 Å². The number of aliphatic hydroxyl groups is 1. The first-order chi connectivity index (χ1) is 8.08. The summed E-state index contributed by atoms with van der Waals surface area (Å²) >= 11 is 0. The summed E-state index contributed by atoms with van der Waals surface area (Å²) in [6, 6.07) is 5.37. The van der Waals surface area contributed by atoms with Crippen molar-refractivity contribution in [3.63, 3.8) is 0 Å². The summed E-state index contributed by atoms with van der Waals surface area (Å²) in [5.74, 6) is 1.33. The Morgan fingerprint density at radius 1 is 1.24 bits per heavy atom. The molecule has 0 aliphatic heterocycles. The fourth-order valence-corrected chi connectivity index (χ4v) is 1.39. The van der Waals surface area contributed by atoms with Crippen molar-refractivity contribution in [2.75, 3.05) is 20.8 Å². The molecule has 4 heteroatoms. The number of benzene rings is 1. The number of methoxy groups -OCH3 is 2. The van der Waals surface area contributed by atoms with Gasteiger partial charge >= 0.3 is 0 Å². The SMILES string of the molecule is COc1ccc(C(C)O)c(OCC(C)OC)c1. The van der Waals surface area contributed by atoms with Crippen LogP contribution in [0.5, 0.6) is 11.5 Å². The molecular weight excluding hydrogens is 220 g/mol. The molecule has 1 rings (SSSR count). The zero-order chi connectivity index (χ0) is 12.8. The molecule has 0 saturated carbocycles. The van der Waals surface area contributed by atoms with E-state index in [0.29, 0.717) is 18.1 Å². The van der Waals surface area contributed by atoms with Gasteiger partial charge in [-0.3, -0.25) is 0 Å². The van der Waals surface area contributed by atoms with Crippen LogP contribution in [-0.4, -0.2) is 32.0 Å². The van der Waals surface area contributed by atoms with Crippen molar-refractivity contribution in [2.45, 2.75) is 26.1 Å². The second-order valence-corrected chi connectivity index (χ2v) is 3.94. The van der Waals surface area contributed by atoms with Crippen molar-refractivity contribution in [3.05, 3.63) is 23.8 Å². The first kappa shape index (κ1) is 13.8. The zero-order valence-corrected chi connectivity index (χ0v) is 10.8. The van der Waals surface area contributed by atoms with E-state index in [1.165, 1.54) is 0 Å². The third-order valence-electron chi connectivity index (χ3n) is 2.55. The van der Waals surface area contributed by atoms with E-state index in [1.807, 2.05) is 6.92 Å². The van der Waals surface area contributed by atoms with Crippen LogP contribution < -0.4 is 9.47 Å². The summed E-state index contributed by atoms with van der Waals surface area (Å²) in [6.45, 7) is 4.06. The van der Waals surface area contributed by atoms with Crippen LogP contribution >= 0.6 is 0 Å². The van der Waals surface area contributed by atoms with E-state index in [9.17, 15) is 5.11 Å². The fraction of sp³-hybridized carbons (Fsp3) is 0.538. The number of hydrogen-bond acceptors (Lipinski definition) is 4. The minimum absolute atomic E-state index is 0.00282. The molecule has 0 aliphatic carbocycles. The van der Waals surface area contributed by atoms with E-state index >= 15 is 0 Å². The highest BCUT2D eigenvalue weighted by Crippen LogP contribution is 2.29. The van der Waals surface area contributed by atoms with Crippen molar-refractivity contribution in [1.82, 2.24) is 0 Å². The fourth-order valence-electron chi connectivity index (χ4n) is 1.39. The molecule has 0 fully saturated rings. The molecule has 0 saturated heterocycles. The molecule has 1 aromatic carbocycles. The van der Waals surface area contributed by atoms with Gasteiger partial charge in [0.25, 0.3) is 0 Å². The average Bonchev–Trinajstić information content (AvgIpc) is 2.35. The molecule has 0 amide bonds. The Morgan fingerprint density at radius 3 is 2.47 bits per heavy atom. The van der Waals surface area contributed by atoms with Gasteiger partial charge in [0.15, 0.2) is 0 Å². The van der Waals surface area contributed by atoms with E-state index in [-0.39, 0.29) is 6.10 Å². The smallest absolute Gasteiger partial charge is 0.128 e. The van der Waals surface area contributed by atoms with Gasteiger partial charge in [-0.15, -0.1) is 0 Å². The Morgan fingerprint density at radius 2 is 1.94 bits per heavy atom. The van der Waals surface area contributed by atoms with E-state index in [0.717, 1.165) is 5.56 Å². The second-order valence-electron chi connectivity index (χ2n) is 3.94. The third kappa shape index (κ3) is 3.91. The molecule has 4 nitrogen and oxygen atoms in total. The Kier molecular flexibility index (Phi) is 5.25. The van der Waals surface area contributed by atoms with Gasteiger partial charge in [-0.1, -0.05) is 0 Å². The molecule has 0 aliphatic rings. The summed E-state index contributed by atoms with van der Waals surface area (Å²) < 4.78 is 15.9. The Balaban J connectivity index is 2.85. The van der Waals surface area contributed by atoms with Crippen LogP contribution in [0.4, 0.5) is 0 Å². The van der Waals surface area contributed by atoms with Gasteiger partial charge in [0.05, 0.1) is 19.3 Å². The van der Waals surface area contributed by atoms with Crippen molar-refractivity contribution in [3.8, 4) is 11.5 Å². The number of hydrogen-bond donors (Lipinski definition) is 1. The van der Waals surface area contributed by atoms with E-state index in [4.69, 9.17) is 14.2 Å².